The molecule has 3 unspecified atom stereocenters. The van der Waals surface area contributed by atoms with E-state index in [4.69, 9.17) is 5.73 Å². The van der Waals surface area contributed by atoms with Crippen molar-refractivity contribution in [3.8, 4) is 10.6 Å². The molecule has 3 N–H and O–H groups in total. The number of carbonyl (C=O) groups is 2. The lowest BCUT2D eigenvalue weighted by Crippen LogP contribution is -2.42. The Morgan fingerprint density at radius 2 is 2.06 bits per heavy atom. The Bertz CT molecular complexity index is 860. The lowest BCUT2D eigenvalue weighted by molar-refractivity contribution is -0.125. The third-order valence-corrected chi connectivity index (χ3v) is 6.54. The van der Waals surface area contributed by atoms with Crippen LogP contribution in [0.3, 0.4) is 0 Å². The predicted molar refractivity (Wildman–Crippen MR) is 126 cm³/mol. The fourth-order valence-corrected chi connectivity index (χ4v) is 3.96. The number of hydrogen-bond donors (Lipinski definition) is 2. The summed E-state index contributed by atoms with van der Waals surface area (Å²) in [5.74, 6) is 0.111. The number of amides is 1. The first kappa shape index (κ1) is 25.1. The maximum Gasteiger partial charge on any atom is 0.237 e. The fourth-order valence-electron chi connectivity index (χ4n) is 3.18. The van der Waals surface area contributed by atoms with Gasteiger partial charge in [0.25, 0.3) is 0 Å². The minimum Gasteiger partial charge on any atom is -0.348 e. The highest BCUT2D eigenvalue weighted by Gasteiger charge is 2.28. The Kier molecular flexibility index (Phi) is 8.85. The third-order valence-electron chi connectivity index (χ3n) is 5.59. The number of likely N-dealkylation sites (tertiary alicyclic amines) is 1. The van der Waals surface area contributed by atoms with E-state index in [1.807, 2.05) is 65.5 Å². The molecule has 0 aromatic carbocycles. The second-order valence-electron chi connectivity index (χ2n) is 9.14. The molecule has 3 heterocycles. The van der Waals surface area contributed by atoms with Gasteiger partial charge in [0.05, 0.1) is 39.9 Å². The molecule has 1 aliphatic heterocycles. The van der Waals surface area contributed by atoms with E-state index in [9.17, 15) is 9.59 Å². The molecule has 0 spiro atoms. The van der Waals surface area contributed by atoms with Crippen LogP contribution >= 0.6 is 11.3 Å². The van der Waals surface area contributed by atoms with Crippen LogP contribution in [-0.2, 0) is 9.59 Å². The molecule has 1 amide bonds. The molecule has 2 aromatic rings. The molecule has 31 heavy (non-hydrogen) atoms. The molecule has 2 aromatic heterocycles. The topological polar surface area (TPSA) is 101 Å². The monoisotopic (exact) mass is 445 g/mol. The lowest BCUT2D eigenvalue weighted by atomic mass is 9.89. The molecule has 1 fully saturated rings. The third kappa shape index (κ3) is 6.92. The SMILES string of the molecule is CC(C)(C)C(N)C=O.Cc1ncsc1-c1ccc(C(C)NC(=O)C2CCCN2C)cn1. The van der Waals surface area contributed by atoms with Crippen molar-refractivity contribution in [1.29, 1.82) is 0 Å². The second-order valence-corrected chi connectivity index (χ2v) is 10.00. The van der Waals surface area contributed by atoms with E-state index in [0.717, 1.165) is 47.5 Å². The second kappa shape index (κ2) is 10.9. The number of pyridine rings is 1. The van der Waals surface area contributed by atoms with Gasteiger partial charge in [-0.3, -0.25) is 14.7 Å². The van der Waals surface area contributed by atoms with Crippen LogP contribution in [0, 0.1) is 12.3 Å². The molecule has 0 aliphatic carbocycles. The van der Waals surface area contributed by atoms with E-state index in [-0.39, 0.29) is 29.4 Å². The Balaban J connectivity index is 0.000000366. The number of hydrogen-bond acceptors (Lipinski definition) is 7. The van der Waals surface area contributed by atoms with Gasteiger partial charge < -0.3 is 15.8 Å². The van der Waals surface area contributed by atoms with Gasteiger partial charge in [-0.05, 0) is 57.3 Å². The molecule has 3 rings (SSSR count). The molecule has 1 aliphatic rings. The van der Waals surface area contributed by atoms with Gasteiger partial charge in [0.15, 0.2) is 0 Å². The first-order valence-electron chi connectivity index (χ1n) is 10.6. The largest absolute Gasteiger partial charge is 0.348 e. The van der Waals surface area contributed by atoms with Gasteiger partial charge in [-0.15, -0.1) is 11.3 Å². The summed E-state index contributed by atoms with van der Waals surface area (Å²) in [5.41, 5.74) is 10.1. The molecule has 3 atom stereocenters. The van der Waals surface area contributed by atoms with E-state index in [0.29, 0.717) is 0 Å². The van der Waals surface area contributed by atoms with Gasteiger partial charge >= 0.3 is 0 Å². The van der Waals surface area contributed by atoms with E-state index in [1.54, 1.807) is 11.3 Å². The molecule has 0 bridgehead atoms. The molecule has 1 saturated heterocycles. The Hall–Kier alpha value is -2.16. The van der Waals surface area contributed by atoms with Crippen molar-refractivity contribution in [3.63, 3.8) is 0 Å². The van der Waals surface area contributed by atoms with Crippen molar-refractivity contribution >= 4 is 23.5 Å². The summed E-state index contributed by atoms with van der Waals surface area (Å²) in [4.78, 5) is 34.4. The highest BCUT2D eigenvalue weighted by molar-refractivity contribution is 7.13. The van der Waals surface area contributed by atoms with Crippen molar-refractivity contribution in [1.82, 2.24) is 20.2 Å². The average Bonchev–Trinajstić information content (AvgIpc) is 3.35. The van der Waals surface area contributed by atoms with Gasteiger partial charge in [-0.25, -0.2) is 4.98 Å². The van der Waals surface area contributed by atoms with Crippen LogP contribution < -0.4 is 11.1 Å². The maximum absolute atomic E-state index is 12.4. The van der Waals surface area contributed by atoms with Crippen LogP contribution in [-0.4, -0.2) is 52.7 Å². The maximum atomic E-state index is 12.4. The van der Waals surface area contributed by atoms with Crippen LogP contribution in [0.25, 0.3) is 10.6 Å². The number of nitrogens with zero attached hydrogens (tertiary/aromatic N) is 3. The van der Waals surface area contributed by atoms with E-state index < -0.39 is 0 Å². The minimum absolute atomic E-state index is 0.00419. The van der Waals surface area contributed by atoms with Crippen LogP contribution in [0.5, 0.6) is 0 Å². The molecule has 0 saturated carbocycles. The zero-order chi connectivity index (χ0) is 23.2. The molecule has 0 radical (unpaired) electrons. The zero-order valence-corrected chi connectivity index (χ0v) is 20.2. The highest BCUT2D eigenvalue weighted by Crippen LogP contribution is 2.26. The molecule has 170 valence electrons. The van der Waals surface area contributed by atoms with E-state index in [1.165, 1.54) is 0 Å². The number of likely N-dealkylation sites (N-methyl/N-ethyl adjacent to an activating group) is 1. The number of nitrogens with two attached hydrogens (primary N) is 1. The molecular weight excluding hydrogens is 410 g/mol. The number of aldehydes is 1. The summed E-state index contributed by atoms with van der Waals surface area (Å²) in [6.07, 6.45) is 4.65. The van der Waals surface area contributed by atoms with Crippen molar-refractivity contribution in [3.05, 3.63) is 35.1 Å². The standard InChI is InChI=1S/C17H22N4OS.C6H13NO/c1-11(20-17(22)15-5-4-8-21(15)3)13-6-7-14(18-9-13)16-12(2)19-10-23-16;1-6(2,3)5(7)4-8/h6-7,9-11,15H,4-5,8H2,1-3H3,(H,20,22);4-5H,7H2,1-3H3. The summed E-state index contributed by atoms with van der Waals surface area (Å²) in [7, 11) is 2.01. The Morgan fingerprint density at radius 1 is 1.35 bits per heavy atom. The molecular formula is C23H35N5O2S. The van der Waals surface area contributed by atoms with Gasteiger partial charge in [-0.1, -0.05) is 26.8 Å². The number of thiazole rings is 1. The Morgan fingerprint density at radius 3 is 2.48 bits per heavy atom. The van der Waals surface area contributed by atoms with E-state index >= 15 is 0 Å². The van der Waals surface area contributed by atoms with Crippen LogP contribution in [0.2, 0.25) is 0 Å². The molecule has 8 heteroatoms. The predicted octanol–water partition coefficient (Wildman–Crippen LogP) is 3.34. The van der Waals surface area contributed by atoms with Crippen LogP contribution in [0.15, 0.2) is 23.8 Å². The number of carbonyl (C=O) groups excluding carboxylic acids is 2. The van der Waals surface area contributed by atoms with Crippen molar-refractivity contribution in [2.45, 2.75) is 65.6 Å². The van der Waals surface area contributed by atoms with Crippen molar-refractivity contribution in [2.24, 2.45) is 11.1 Å². The summed E-state index contributed by atoms with van der Waals surface area (Å²) in [6.45, 7) is 10.8. The van der Waals surface area contributed by atoms with Crippen LogP contribution in [0.1, 0.15) is 57.8 Å². The normalized spacial score (nSPS) is 18.6. The quantitative estimate of drug-likeness (QED) is 0.685. The number of rotatable bonds is 5. The average molecular weight is 446 g/mol. The van der Waals surface area contributed by atoms with Crippen LogP contribution in [0.4, 0.5) is 0 Å². The van der Waals surface area contributed by atoms with Gasteiger partial charge in [0, 0.05) is 6.20 Å². The zero-order valence-electron chi connectivity index (χ0n) is 19.4. The number of aryl methyl sites for hydroxylation is 1. The Labute approximate surface area is 189 Å². The van der Waals surface area contributed by atoms with E-state index in [2.05, 4.69) is 20.2 Å². The van der Waals surface area contributed by atoms with Crippen molar-refractivity contribution < 1.29 is 9.59 Å². The lowest BCUT2D eigenvalue weighted by Gasteiger charge is -2.22. The summed E-state index contributed by atoms with van der Waals surface area (Å²) < 4.78 is 0. The molecule has 7 nitrogen and oxygen atoms in total. The van der Waals surface area contributed by atoms with Gasteiger partial charge in [0.1, 0.15) is 6.29 Å². The number of aromatic nitrogens is 2. The minimum atomic E-state index is -0.331. The first-order valence-corrected chi connectivity index (χ1v) is 11.5. The first-order chi connectivity index (χ1) is 14.5. The summed E-state index contributed by atoms with van der Waals surface area (Å²) in [5, 5.41) is 3.10. The van der Waals surface area contributed by atoms with Gasteiger partial charge in [-0.2, -0.15) is 0 Å². The highest BCUT2D eigenvalue weighted by atomic mass is 32.1. The fraction of sp³-hybridized carbons (Fsp3) is 0.565. The summed E-state index contributed by atoms with van der Waals surface area (Å²) >= 11 is 1.60. The number of nitrogens with one attached hydrogen (secondary N) is 1. The van der Waals surface area contributed by atoms with Crippen molar-refractivity contribution in [2.75, 3.05) is 13.6 Å². The van der Waals surface area contributed by atoms with Gasteiger partial charge in [0.2, 0.25) is 5.91 Å². The smallest absolute Gasteiger partial charge is 0.237 e. The summed E-state index contributed by atoms with van der Waals surface area (Å²) in [6, 6.07) is 3.66.